The predicted molar refractivity (Wildman–Crippen MR) is 87.7 cm³/mol. The smallest absolute Gasteiger partial charge is 0.270 e. The predicted octanol–water partition coefficient (Wildman–Crippen LogP) is 4.31. The van der Waals surface area contributed by atoms with Crippen LogP contribution in [0.5, 0.6) is 0 Å². The van der Waals surface area contributed by atoms with Gasteiger partial charge in [-0.3, -0.25) is 4.79 Å². The Bertz CT molecular complexity index is 605. The number of rotatable bonds is 4. The molecule has 0 spiro atoms. The van der Waals surface area contributed by atoms with Gasteiger partial charge in [-0.25, -0.2) is 0 Å². The molecule has 0 aliphatic heterocycles. The number of nitrogens with zero attached hydrogens (tertiary/aromatic N) is 2. The van der Waals surface area contributed by atoms with Crippen molar-refractivity contribution in [1.29, 1.82) is 0 Å². The summed E-state index contributed by atoms with van der Waals surface area (Å²) in [5, 5.41) is 0. The first-order chi connectivity index (χ1) is 9.51. The van der Waals surface area contributed by atoms with Crippen molar-refractivity contribution in [1.82, 2.24) is 9.47 Å². The largest absolute Gasteiger partial charge is 0.343 e. The molecule has 0 bridgehead atoms. The molecule has 0 atom stereocenters. The van der Waals surface area contributed by atoms with Crippen LogP contribution in [0.2, 0.25) is 0 Å². The lowest BCUT2D eigenvalue weighted by Crippen LogP contribution is -2.28. The first-order valence-electron chi connectivity index (χ1n) is 6.37. The van der Waals surface area contributed by atoms with Crippen LogP contribution in [-0.2, 0) is 13.1 Å². The summed E-state index contributed by atoms with van der Waals surface area (Å²) in [4.78, 5) is 14.2. The van der Waals surface area contributed by atoms with Gasteiger partial charge in [-0.05, 0) is 46.6 Å². The molecule has 0 aliphatic carbocycles. The number of carbonyl (C=O) groups excluding carboxylic acids is 1. The highest BCUT2D eigenvalue weighted by Gasteiger charge is 2.16. The molecule has 0 N–H and O–H groups in total. The van der Waals surface area contributed by atoms with E-state index in [4.69, 9.17) is 0 Å². The van der Waals surface area contributed by atoms with Crippen molar-refractivity contribution in [2.24, 2.45) is 0 Å². The van der Waals surface area contributed by atoms with Crippen molar-refractivity contribution in [2.45, 2.75) is 20.0 Å². The molecule has 1 amide bonds. The van der Waals surface area contributed by atoms with Crippen LogP contribution in [0.1, 0.15) is 23.0 Å². The van der Waals surface area contributed by atoms with E-state index in [0.717, 1.165) is 21.1 Å². The van der Waals surface area contributed by atoms with E-state index >= 15 is 0 Å². The zero-order valence-corrected chi connectivity index (χ0v) is 14.6. The number of aromatic nitrogens is 1. The van der Waals surface area contributed by atoms with Crippen LogP contribution in [0.25, 0.3) is 0 Å². The highest BCUT2D eigenvalue weighted by Crippen LogP contribution is 2.18. The second-order valence-corrected chi connectivity index (χ2v) is 6.45. The highest BCUT2D eigenvalue weighted by molar-refractivity contribution is 9.10. The van der Waals surface area contributed by atoms with Crippen molar-refractivity contribution in [3.8, 4) is 0 Å². The topological polar surface area (TPSA) is 25.2 Å². The van der Waals surface area contributed by atoms with E-state index in [-0.39, 0.29) is 5.91 Å². The number of aryl methyl sites for hydroxylation is 1. The normalized spacial score (nSPS) is 10.6. The zero-order valence-electron chi connectivity index (χ0n) is 11.4. The van der Waals surface area contributed by atoms with Crippen LogP contribution < -0.4 is 0 Å². The minimum Gasteiger partial charge on any atom is -0.343 e. The van der Waals surface area contributed by atoms with Gasteiger partial charge >= 0.3 is 0 Å². The van der Waals surface area contributed by atoms with Crippen molar-refractivity contribution in [3.05, 3.63) is 56.7 Å². The monoisotopic (exact) mass is 398 g/mol. The molecule has 106 valence electrons. The van der Waals surface area contributed by atoms with E-state index in [9.17, 15) is 4.79 Å². The maximum Gasteiger partial charge on any atom is 0.270 e. The van der Waals surface area contributed by atoms with Gasteiger partial charge in [0.1, 0.15) is 5.69 Å². The average Bonchev–Trinajstić information content (AvgIpc) is 2.81. The Kier molecular flexibility index (Phi) is 5.05. The number of amides is 1. The molecule has 2 rings (SSSR count). The minimum absolute atomic E-state index is 0.0282. The molecule has 1 aromatic carbocycles. The van der Waals surface area contributed by atoms with Gasteiger partial charge in [0.15, 0.2) is 0 Å². The van der Waals surface area contributed by atoms with E-state index in [2.05, 4.69) is 31.9 Å². The fraction of sp³-hybridized carbons (Fsp3) is 0.267. The highest BCUT2D eigenvalue weighted by atomic mass is 79.9. The van der Waals surface area contributed by atoms with E-state index in [1.807, 2.05) is 55.1 Å². The van der Waals surface area contributed by atoms with E-state index < -0.39 is 0 Å². The maximum absolute atomic E-state index is 12.5. The van der Waals surface area contributed by atoms with Gasteiger partial charge in [-0.15, -0.1) is 0 Å². The van der Waals surface area contributed by atoms with E-state index in [0.29, 0.717) is 12.2 Å². The molecule has 2 aromatic rings. The Labute approximate surface area is 135 Å². The number of halogens is 2. The summed E-state index contributed by atoms with van der Waals surface area (Å²) in [6.45, 7) is 3.40. The Morgan fingerprint density at radius 3 is 2.45 bits per heavy atom. The third-order valence-electron chi connectivity index (χ3n) is 3.10. The van der Waals surface area contributed by atoms with Crippen LogP contribution in [0, 0.1) is 0 Å². The summed E-state index contributed by atoms with van der Waals surface area (Å²) in [6.07, 6.45) is 1.93. The average molecular weight is 400 g/mol. The van der Waals surface area contributed by atoms with Crippen LogP contribution in [-0.4, -0.2) is 22.4 Å². The summed E-state index contributed by atoms with van der Waals surface area (Å²) in [5.74, 6) is 0.0282. The van der Waals surface area contributed by atoms with Gasteiger partial charge < -0.3 is 9.47 Å². The SMILES string of the molecule is CCn1cc(Br)cc1C(=O)N(C)Cc1ccc(Br)cc1. The van der Waals surface area contributed by atoms with Gasteiger partial charge in [0.05, 0.1) is 0 Å². The quantitative estimate of drug-likeness (QED) is 0.752. The van der Waals surface area contributed by atoms with Crippen LogP contribution in [0.15, 0.2) is 45.5 Å². The lowest BCUT2D eigenvalue weighted by atomic mass is 10.2. The third kappa shape index (κ3) is 3.52. The fourth-order valence-corrected chi connectivity index (χ4v) is 2.77. The number of hydrogen-bond acceptors (Lipinski definition) is 1. The Balaban J connectivity index is 2.14. The molecule has 3 nitrogen and oxygen atoms in total. The van der Waals surface area contributed by atoms with Crippen molar-refractivity contribution in [3.63, 3.8) is 0 Å². The van der Waals surface area contributed by atoms with Crippen LogP contribution >= 0.6 is 31.9 Å². The summed E-state index contributed by atoms with van der Waals surface area (Å²) in [6, 6.07) is 9.87. The molecule has 0 saturated heterocycles. The Morgan fingerprint density at radius 1 is 1.20 bits per heavy atom. The van der Waals surface area contributed by atoms with Gasteiger partial charge in [-0.2, -0.15) is 0 Å². The number of hydrogen-bond donors (Lipinski definition) is 0. The molecule has 0 radical (unpaired) electrons. The zero-order chi connectivity index (χ0) is 14.7. The molecule has 0 saturated carbocycles. The molecular weight excluding hydrogens is 384 g/mol. The molecular formula is C15H16Br2N2O. The molecule has 0 fully saturated rings. The van der Waals surface area contributed by atoms with Crippen molar-refractivity contribution in [2.75, 3.05) is 7.05 Å². The first-order valence-corrected chi connectivity index (χ1v) is 7.95. The Morgan fingerprint density at radius 2 is 1.85 bits per heavy atom. The van der Waals surface area contributed by atoms with Gasteiger partial charge in [0.2, 0.25) is 0 Å². The van der Waals surface area contributed by atoms with Crippen LogP contribution in [0.4, 0.5) is 0 Å². The first kappa shape index (κ1) is 15.3. The molecule has 0 aliphatic rings. The minimum atomic E-state index is 0.0282. The van der Waals surface area contributed by atoms with Crippen molar-refractivity contribution < 1.29 is 4.79 Å². The van der Waals surface area contributed by atoms with Crippen LogP contribution in [0.3, 0.4) is 0 Å². The maximum atomic E-state index is 12.5. The molecule has 20 heavy (non-hydrogen) atoms. The van der Waals surface area contributed by atoms with Gasteiger partial charge in [0, 0.05) is 35.3 Å². The van der Waals surface area contributed by atoms with Gasteiger partial charge in [0.25, 0.3) is 5.91 Å². The molecule has 1 heterocycles. The molecule has 0 unspecified atom stereocenters. The van der Waals surface area contributed by atoms with Gasteiger partial charge in [-0.1, -0.05) is 28.1 Å². The third-order valence-corrected chi connectivity index (χ3v) is 4.07. The lowest BCUT2D eigenvalue weighted by molar-refractivity contribution is 0.0774. The second-order valence-electron chi connectivity index (χ2n) is 4.62. The molecule has 1 aromatic heterocycles. The van der Waals surface area contributed by atoms with Crippen molar-refractivity contribution >= 4 is 37.8 Å². The summed E-state index contributed by atoms with van der Waals surface area (Å²) >= 11 is 6.83. The van der Waals surface area contributed by atoms with E-state index in [1.54, 1.807) is 4.90 Å². The molecule has 5 heteroatoms. The second kappa shape index (κ2) is 6.59. The Hall–Kier alpha value is -1.07. The summed E-state index contributed by atoms with van der Waals surface area (Å²) < 4.78 is 3.92. The van der Waals surface area contributed by atoms with E-state index in [1.165, 1.54) is 0 Å². The lowest BCUT2D eigenvalue weighted by Gasteiger charge is -2.18. The standard InChI is InChI=1S/C15H16Br2N2O/c1-3-19-10-13(17)8-14(19)15(20)18(2)9-11-4-6-12(16)7-5-11/h4-8,10H,3,9H2,1-2H3. The number of carbonyl (C=O) groups is 1. The summed E-state index contributed by atoms with van der Waals surface area (Å²) in [7, 11) is 1.82. The number of benzene rings is 1. The fourth-order valence-electron chi connectivity index (χ4n) is 2.05. The summed E-state index contributed by atoms with van der Waals surface area (Å²) in [5.41, 5.74) is 1.82.